The fraction of sp³-hybridized carbons (Fsp3) is 0.278. The van der Waals surface area contributed by atoms with Crippen molar-refractivity contribution in [3.63, 3.8) is 0 Å². The first-order valence-corrected chi connectivity index (χ1v) is 20.2. The molecule has 5 aromatic heterocycles. The van der Waals surface area contributed by atoms with Crippen LogP contribution in [0.3, 0.4) is 0 Å². The summed E-state index contributed by atoms with van der Waals surface area (Å²) in [4.78, 5) is 23.4. The van der Waals surface area contributed by atoms with Gasteiger partial charge in [0, 0.05) is 45.1 Å². The van der Waals surface area contributed by atoms with Crippen molar-refractivity contribution in [2.75, 3.05) is 11.9 Å². The standard InChI is InChI=1S/C36H39N9O4Si/c1-22-12-13-44-31(22)36(47)45(27-10-8-7-9-11-27)33(42-44)23(2)39-32-30-29(25-16-26(18-28(46)17-25)35-41-40-24(3)49-35)19-43(34(30)38-20-37-32)21-48-14-15-50(4,5)6/h7-13,16-20,23,46H,14-15,21H2,1-6H3,(H,37,38,39). The number of hydrogen-bond acceptors (Lipinski definition) is 10. The highest BCUT2D eigenvalue weighted by Crippen LogP contribution is 2.38. The average molecular weight is 690 g/mol. The minimum atomic E-state index is -1.30. The maximum Gasteiger partial charge on any atom is 0.282 e. The van der Waals surface area contributed by atoms with Crippen LogP contribution in [0.4, 0.5) is 5.82 Å². The number of rotatable bonds is 11. The number of benzene rings is 2. The number of nitrogens with one attached hydrogen (secondary N) is 1. The summed E-state index contributed by atoms with van der Waals surface area (Å²) in [6, 6.07) is 17.1. The molecule has 14 heteroatoms. The van der Waals surface area contributed by atoms with Crippen LogP contribution in [0.2, 0.25) is 25.7 Å². The zero-order chi connectivity index (χ0) is 35.2. The van der Waals surface area contributed by atoms with Gasteiger partial charge in [0.05, 0.1) is 17.1 Å². The Morgan fingerprint density at radius 1 is 1.02 bits per heavy atom. The maximum atomic E-state index is 14.0. The van der Waals surface area contributed by atoms with E-state index in [1.165, 1.54) is 6.33 Å². The molecular weight excluding hydrogens is 651 g/mol. The van der Waals surface area contributed by atoms with E-state index in [1.807, 2.05) is 67.1 Å². The molecule has 2 N–H and O–H groups in total. The molecule has 256 valence electrons. The average Bonchev–Trinajstić information content (AvgIpc) is 3.80. The summed E-state index contributed by atoms with van der Waals surface area (Å²) in [5, 5.41) is 28.2. The Hall–Kier alpha value is -5.60. The Morgan fingerprint density at radius 3 is 2.54 bits per heavy atom. The molecule has 0 aliphatic heterocycles. The maximum absolute atomic E-state index is 14.0. The monoisotopic (exact) mass is 689 g/mol. The van der Waals surface area contributed by atoms with Gasteiger partial charge in [-0.3, -0.25) is 9.36 Å². The number of aromatic hydroxyl groups is 1. The lowest BCUT2D eigenvalue weighted by molar-refractivity contribution is 0.0899. The van der Waals surface area contributed by atoms with Gasteiger partial charge in [0.15, 0.2) is 5.82 Å². The number of fused-ring (bicyclic) bond motifs is 2. The highest BCUT2D eigenvalue weighted by molar-refractivity contribution is 6.76. The van der Waals surface area contributed by atoms with Crippen molar-refractivity contribution < 1.29 is 14.3 Å². The third kappa shape index (κ3) is 6.42. The highest BCUT2D eigenvalue weighted by Gasteiger charge is 2.24. The van der Waals surface area contributed by atoms with Crippen molar-refractivity contribution in [2.24, 2.45) is 0 Å². The Labute approximate surface area is 289 Å². The summed E-state index contributed by atoms with van der Waals surface area (Å²) in [7, 11) is -1.30. The minimum Gasteiger partial charge on any atom is -0.508 e. The van der Waals surface area contributed by atoms with Gasteiger partial charge in [-0.1, -0.05) is 37.8 Å². The fourth-order valence-electron chi connectivity index (χ4n) is 6.00. The van der Waals surface area contributed by atoms with Crippen LogP contribution in [0.1, 0.15) is 30.2 Å². The predicted octanol–water partition coefficient (Wildman–Crippen LogP) is 6.75. The second kappa shape index (κ2) is 13.0. The van der Waals surface area contributed by atoms with E-state index in [0.29, 0.717) is 63.4 Å². The zero-order valence-electron chi connectivity index (χ0n) is 28.9. The van der Waals surface area contributed by atoms with Crippen molar-refractivity contribution in [1.82, 2.24) is 38.9 Å². The van der Waals surface area contributed by atoms with Crippen molar-refractivity contribution >= 4 is 30.4 Å². The molecule has 0 saturated carbocycles. The number of hydrogen-bond donors (Lipinski definition) is 2. The van der Waals surface area contributed by atoms with E-state index in [-0.39, 0.29) is 18.0 Å². The molecule has 50 heavy (non-hydrogen) atoms. The van der Waals surface area contributed by atoms with Gasteiger partial charge < -0.3 is 24.1 Å². The molecular formula is C36H39N9O4Si. The highest BCUT2D eigenvalue weighted by atomic mass is 28.3. The normalized spacial score (nSPS) is 12.6. The molecule has 0 aliphatic rings. The first-order chi connectivity index (χ1) is 24.0. The lowest BCUT2D eigenvalue weighted by Crippen LogP contribution is -2.29. The summed E-state index contributed by atoms with van der Waals surface area (Å²) in [5.74, 6) is 1.77. The number of phenolic OH excluding ortho intramolecular Hbond substituents is 1. The smallest absolute Gasteiger partial charge is 0.282 e. The van der Waals surface area contributed by atoms with Crippen molar-refractivity contribution in [3.05, 3.63) is 101 Å². The molecule has 7 aromatic rings. The number of anilines is 1. The minimum absolute atomic E-state index is 0.0340. The van der Waals surface area contributed by atoms with E-state index >= 15 is 0 Å². The number of ether oxygens (including phenoxy) is 1. The number of para-hydroxylation sites is 1. The van der Waals surface area contributed by atoms with Gasteiger partial charge in [-0.05, 0) is 67.4 Å². The molecule has 0 saturated heterocycles. The van der Waals surface area contributed by atoms with Gasteiger partial charge in [0.25, 0.3) is 5.56 Å². The van der Waals surface area contributed by atoms with Gasteiger partial charge in [-0.15, -0.1) is 10.2 Å². The summed E-state index contributed by atoms with van der Waals surface area (Å²) in [6.45, 7) is 13.4. The van der Waals surface area contributed by atoms with Crippen LogP contribution < -0.4 is 10.9 Å². The molecule has 0 fully saturated rings. The molecule has 7 rings (SSSR count). The summed E-state index contributed by atoms with van der Waals surface area (Å²) in [6.07, 6.45) is 5.25. The van der Waals surface area contributed by atoms with Gasteiger partial charge in [0.1, 0.15) is 35.8 Å². The molecule has 1 atom stereocenters. The molecule has 0 spiro atoms. The van der Waals surface area contributed by atoms with Crippen LogP contribution in [-0.4, -0.2) is 58.7 Å². The number of nitrogens with zero attached hydrogens (tertiary/aromatic N) is 8. The Bertz CT molecular complexity index is 2390. The molecule has 13 nitrogen and oxygen atoms in total. The van der Waals surface area contributed by atoms with Crippen LogP contribution >= 0.6 is 0 Å². The summed E-state index contributed by atoms with van der Waals surface area (Å²) >= 11 is 0. The van der Waals surface area contributed by atoms with Crippen molar-refractivity contribution in [2.45, 2.75) is 59.2 Å². The quantitative estimate of drug-likeness (QED) is 0.110. The van der Waals surface area contributed by atoms with Crippen LogP contribution in [0, 0.1) is 13.8 Å². The second-order valence-corrected chi connectivity index (χ2v) is 19.3. The topological polar surface area (TPSA) is 150 Å². The first-order valence-electron chi connectivity index (χ1n) is 16.5. The summed E-state index contributed by atoms with van der Waals surface area (Å²) < 4.78 is 17.1. The number of aromatic nitrogens is 8. The molecule has 1 unspecified atom stereocenters. The van der Waals surface area contributed by atoms with Crippen LogP contribution in [0.15, 0.2) is 82.5 Å². The molecule has 0 bridgehead atoms. The summed E-state index contributed by atoms with van der Waals surface area (Å²) in [5.41, 5.74) is 4.54. The van der Waals surface area contributed by atoms with E-state index in [9.17, 15) is 9.90 Å². The van der Waals surface area contributed by atoms with Gasteiger partial charge >= 0.3 is 0 Å². The lowest BCUT2D eigenvalue weighted by Gasteiger charge is -2.20. The van der Waals surface area contributed by atoms with E-state index in [1.54, 1.807) is 34.3 Å². The molecule has 0 aliphatic carbocycles. The SMILES string of the molecule is Cc1nnc(-c2cc(O)cc(-c3cn(COCC[Si](C)(C)C)c4ncnc(NC(C)c5nn6ccc(C)c6c(=O)n5-c5ccccc5)c34)c2)o1. The number of aryl methyl sites for hydroxylation is 2. The van der Waals surface area contributed by atoms with Gasteiger partial charge in [0.2, 0.25) is 11.8 Å². The molecule has 0 amide bonds. The zero-order valence-corrected chi connectivity index (χ0v) is 29.9. The number of phenols is 1. The van der Waals surface area contributed by atoms with Gasteiger partial charge in [-0.2, -0.15) is 5.10 Å². The van der Waals surface area contributed by atoms with E-state index in [4.69, 9.17) is 19.2 Å². The van der Waals surface area contributed by atoms with Crippen LogP contribution in [-0.2, 0) is 11.5 Å². The molecule has 2 aromatic carbocycles. The molecule has 0 radical (unpaired) electrons. The molecule has 5 heterocycles. The third-order valence-electron chi connectivity index (χ3n) is 8.55. The Kier molecular flexibility index (Phi) is 8.57. The van der Waals surface area contributed by atoms with E-state index < -0.39 is 14.1 Å². The van der Waals surface area contributed by atoms with Crippen LogP contribution in [0.25, 0.3) is 44.8 Å². The Morgan fingerprint density at radius 2 is 1.80 bits per heavy atom. The van der Waals surface area contributed by atoms with E-state index in [0.717, 1.165) is 17.2 Å². The van der Waals surface area contributed by atoms with Gasteiger partial charge in [-0.25, -0.2) is 14.5 Å². The first kappa shape index (κ1) is 32.9. The third-order valence-corrected chi connectivity index (χ3v) is 10.3. The predicted molar refractivity (Wildman–Crippen MR) is 194 cm³/mol. The largest absolute Gasteiger partial charge is 0.508 e. The fourth-order valence-corrected chi connectivity index (χ4v) is 6.76. The van der Waals surface area contributed by atoms with Crippen molar-refractivity contribution in [3.8, 4) is 34.0 Å². The van der Waals surface area contributed by atoms with Crippen LogP contribution in [0.5, 0.6) is 5.75 Å². The Balaban J connectivity index is 1.35. The second-order valence-electron chi connectivity index (χ2n) is 13.7. The lowest BCUT2D eigenvalue weighted by atomic mass is 10.0. The van der Waals surface area contributed by atoms with E-state index in [2.05, 4.69) is 40.1 Å². The van der Waals surface area contributed by atoms with Crippen molar-refractivity contribution in [1.29, 1.82) is 0 Å².